The number of halogens is 3. The Morgan fingerprint density at radius 1 is 1.22 bits per heavy atom. The average Bonchev–Trinajstić information content (AvgIpc) is 2.77. The van der Waals surface area contributed by atoms with Gasteiger partial charge < -0.3 is 5.32 Å². The number of hydrogen-bond donors (Lipinski definition) is 1. The van der Waals surface area contributed by atoms with Crippen LogP contribution in [0.2, 0.25) is 0 Å². The summed E-state index contributed by atoms with van der Waals surface area (Å²) < 4.78 is 41.0. The number of fused-ring (bicyclic) bond motifs is 1. The first-order valence-corrected chi connectivity index (χ1v) is 8.46. The maximum atomic E-state index is 13.3. The van der Waals surface area contributed by atoms with Crippen LogP contribution >= 0.6 is 0 Å². The first-order valence-electron chi connectivity index (χ1n) is 8.46. The highest BCUT2D eigenvalue weighted by Crippen LogP contribution is 2.35. The highest BCUT2D eigenvalue weighted by atomic mass is 19.4. The number of amides is 1. The van der Waals surface area contributed by atoms with Crippen molar-refractivity contribution in [2.45, 2.75) is 44.8 Å². The number of nitro groups is 1. The molecule has 10 heteroatoms. The van der Waals surface area contributed by atoms with E-state index in [4.69, 9.17) is 0 Å². The SMILES string of the molecule is O=C(Cn1nc(C(F)(F)F)c2c1CCCCC2)Nc1ccccc1[N+](=O)[O-]. The lowest BCUT2D eigenvalue weighted by Crippen LogP contribution is -2.22. The number of nitro benzene ring substituents is 1. The Morgan fingerprint density at radius 2 is 1.93 bits per heavy atom. The molecule has 0 saturated carbocycles. The molecule has 1 amide bonds. The van der Waals surface area contributed by atoms with Crippen molar-refractivity contribution in [1.29, 1.82) is 0 Å². The molecular weight excluding hydrogens is 365 g/mol. The number of carbonyl (C=O) groups excluding carboxylic acids is 1. The minimum Gasteiger partial charge on any atom is -0.319 e. The molecular formula is C17H17F3N4O3. The molecule has 1 heterocycles. The van der Waals surface area contributed by atoms with Crippen LogP contribution in [0.1, 0.15) is 36.2 Å². The number of hydrogen-bond acceptors (Lipinski definition) is 4. The average molecular weight is 382 g/mol. The smallest absolute Gasteiger partial charge is 0.319 e. The van der Waals surface area contributed by atoms with Gasteiger partial charge in [0.05, 0.1) is 4.92 Å². The molecule has 0 bridgehead atoms. The Labute approximate surface area is 152 Å². The zero-order chi connectivity index (χ0) is 19.6. The summed E-state index contributed by atoms with van der Waals surface area (Å²) in [5.41, 5.74) is -0.683. The topological polar surface area (TPSA) is 90.1 Å². The summed E-state index contributed by atoms with van der Waals surface area (Å²) in [6.45, 7) is -0.440. The van der Waals surface area contributed by atoms with Gasteiger partial charge in [-0.25, -0.2) is 0 Å². The Balaban J connectivity index is 1.86. The van der Waals surface area contributed by atoms with E-state index in [1.807, 2.05) is 0 Å². The third-order valence-corrected chi connectivity index (χ3v) is 4.44. The molecule has 0 saturated heterocycles. The van der Waals surface area contributed by atoms with Gasteiger partial charge in [0, 0.05) is 17.3 Å². The number of rotatable bonds is 4. The molecule has 0 spiro atoms. The summed E-state index contributed by atoms with van der Waals surface area (Å²) in [6, 6.07) is 5.57. The van der Waals surface area contributed by atoms with Crippen LogP contribution in [0.5, 0.6) is 0 Å². The van der Waals surface area contributed by atoms with Crippen molar-refractivity contribution in [3.8, 4) is 0 Å². The fourth-order valence-electron chi connectivity index (χ4n) is 3.27. The lowest BCUT2D eigenvalue weighted by atomic mass is 10.1. The van der Waals surface area contributed by atoms with Gasteiger partial charge in [0.15, 0.2) is 5.69 Å². The van der Waals surface area contributed by atoms with Gasteiger partial charge >= 0.3 is 6.18 Å². The Kier molecular flexibility index (Phi) is 5.15. The molecule has 27 heavy (non-hydrogen) atoms. The fourth-order valence-corrected chi connectivity index (χ4v) is 3.27. The molecule has 1 aliphatic rings. The lowest BCUT2D eigenvalue weighted by Gasteiger charge is -2.09. The Morgan fingerprint density at radius 3 is 2.63 bits per heavy atom. The number of alkyl halides is 3. The summed E-state index contributed by atoms with van der Waals surface area (Å²) in [6.07, 6.45) is -1.72. The summed E-state index contributed by atoms with van der Waals surface area (Å²) >= 11 is 0. The van der Waals surface area contributed by atoms with Gasteiger partial charge in [-0.2, -0.15) is 18.3 Å². The minimum absolute atomic E-state index is 0.0122. The van der Waals surface area contributed by atoms with Gasteiger partial charge in [0.2, 0.25) is 5.91 Å². The van der Waals surface area contributed by atoms with E-state index in [0.717, 1.165) is 17.5 Å². The Hall–Kier alpha value is -2.91. The third kappa shape index (κ3) is 4.09. The van der Waals surface area contributed by atoms with E-state index in [2.05, 4.69) is 10.4 Å². The van der Waals surface area contributed by atoms with Gasteiger partial charge in [-0.15, -0.1) is 0 Å². The van der Waals surface area contributed by atoms with Crippen LogP contribution in [-0.4, -0.2) is 20.6 Å². The van der Waals surface area contributed by atoms with Crippen molar-refractivity contribution in [1.82, 2.24) is 9.78 Å². The number of nitrogens with one attached hydrogen (secondary N) is 1. The molecule has 1 N–H and O–H groups in total. The van der Waals surface area contributed by atoms with Crippen LogP contribution in [0.3, 0.4) is 0 Å². The van der Waals surface area contributed by atoms with Crippen molar-refractivity contribution in [3.63, 3.8) is 0 Å². The van der Waals surface area contributed by atoms with E-state index in [1.54, 1.807) is 0 Å². The summed E-state index contributed by atoms with van der Waals surface area (Å²) in [5.74, 6) is -0.674. The summed E-state index contributed by atoms with van der Waals surface area (Å²) in [4.78, 5) is 22.7. The first kappa shape index (κ1) is 18.9. The molecule has 1 aromatic carbocycles. The number of benzene rings is 1. The molecule has 0 radical (unpaired) electrons. The molecule has 1 aromatic heterocycles. The maximum absolute atomic E-state index is 13.3. The molecule has 1 aliphatic carbocycles. The van der Waals surface area contributed by atoms with E-state index in [1.165, 1.54) is 24.3 Å². The van der Waals surface area contributed by atoms with E-state index >= 15 is 0 Å². The van der Waals surface area contributed by atoms with Crippen LogP contribution in [0.15, 0.2) is 24.3 Å². The van der Waals surface area contributed by atoms with Crippen LogP contribution < -0.4 is 5.32 Å². The fraction of sp³-hybridized carbons (Fsp3) is 0.412. The standard InChI is InChI=1S/C17H17F3N4O3/c18-17(19,20)16-11-6-2-1-3-8-13(11)23(22-16)10-15(25)21-12-7-4-5-9-14(12)24(26)27/h4-5,7,9H,1-3,6,8,10H2,(H,21,25). The van der Waals surface area contributed by atoms with Crippen molar-refractivity contribution >= 4 is 17.3 Å². The number of aromatic nitrogens is 2. The predicted octanol–water partition coefficient (Wildman–Crippen LogP) is 3.72. The zero-order valence-electron chi connectivity index (χ0n) is 14.3. The molecule has 0 atom stereocenters. The van der Waals surface area contributed by atoms with Gasteiger partial charge in [0.25, 0.3) is 5.69 Å². The molecule has 0 fully saturated rings. The normalized spacial score (nSPS) is 14.3. The van der Waals surface area contributed by atoms with Crippen molar-refractivity contribution in [3.05, 3.63) is 51.3 Å². The van der Waals surface area contributed by atoms with Gasteiger partial charge in [-0.05, 0) is 31.7 Å². The molecule has 3 rings (SSSR count). The monoisotopic (exact) mass is 382 g/mol. The van der Waals surface area contributed by atoms with Crippen molar-refractivity contribution in [2.24, 2.45) is 0 Å². The second-order valence-electron chi connectivity index (χ2n) is 6.31. The van der Waals surface area contributed by atoms with Crippen LogP contribution in [0, 0.1) is 10.1 Å². The maximum Gasteiger partial charge on any atom is 0.435 e. The van der Waals surface area contributed by atoms with Crippen molar-refractivity contribution < 1.29 is 22.9 Å². The second-order valence-corrected chi connectivity index (χ2v) is 6.31. The number of anilines is 1. The second kappa shape index (κ2) is 7.37. The summed E-state index contributed by atoms with van der Waals surface area (Å²) in [7, 11) is 0. The molecule has 7 nitrogen and oxygen atoms in total. The third-order valence-electron chi connectivity index (χ3n) is 4.44. The van der Waals surface area contributed by atoms with E-state index in [0.29, 0.717) is 18.5 Å². The molecule has 2 aromatic rings. The van der Waals surface area contributed by atoms with E-state index < -0.39 is 29.2 Å². The summed E-state index contributed by atoms with van der Waals surface area (Å²) in [5, 5.41) is 17.0. The number of para-hydroxylation sites is 2. The number of carbonyl (C=O) groups is 1. The highest BCUT2D eigenvalue weighted by molar-refractivity contribution is 5.92. The highest BCUT2D eigenvalue weighted by Gasteiger charge is 2.39. The first-order chi connectivity index (χ1) is 12.8. The lowest BCUT2D eigenvalue weighted by molar-refractivity contribution is -0.383. The van der Waals surface area contributed by atoms with Crippen LogP contribution in [-0.2, 0) is 30.4 Å². The predicted molar refractivity (Wildman–Crippen MR) is 90.2 cm³/mol. The van der Waals surface area contributed by atoms with Gasteiger partial charge in [0.1, 0.15) is 12.2 Å². The molecule has 0 aliphatic heterocycles. The van der Waals surface area contributed by atoms with Gasteiger partial charge in [-0.3, -0.25) is 19.6 Å². The van der Waals surface area contributed by atoms with Crippen LogP contribution in [0.4, 0.5) is 24.5 Å². The quantitative estimate of drug-likeness (QED) is 0.496. The van der Waals surface area contributed by atoms with Crippen molar-refractivity contribution in [2.75, 3.05) is 5.32 Å². The molecule has 0 unspecified atom stereocenters. The minimum atomic E-state index is -4.59. The molecule has 144 valence electrons. The zero-order valence-corrected chi connectivity index (χ0v) is 14.3. The van der Waals surface area contributed by atoms with E-state index in [-0.39, 0.29) is 23.4 Å². The van der Waals surface area contributed by atoms with Crippen LogP contribution in [0.25, 0.3) is 0 Å². The Bertz CT molecular complexity index is 877. The largest absolute Gasteiger partial charge is 0.435 e. The van der Waals surface area contributed by atoms with E-state index in [9.17, 15) is 28.1 Å². The number of nitrogens with zero attached hydrogens (tertiary/aromatic N) is 3. The van der Waals surface area contributed by atoms with Gasteiger partial charge in [-0.1, -0.05) is 18.6 Å².